The van der Waals surface area contributed by atoms with E-state index < -0.39 is 0 Å². The van der Waals surface area contributed by atoms with Crippen molar-refractivity contribution in [1.82, 2.24) is 0 Å². The first-order chi connectivity index (χ1) is 11.3. The molecule has 1 heterocycles. The van der Waals surface area contributed by atoms with Crippen LogP contribution in [-0.4, -0.2) is 38.8 Å². The molecule has 3 rings (SSSR count). The number of Topliss-reactive ketones (excluding diaryl/α,β-unsaturated/α-hetero) is 1. The second-order valence-corrected chi connectivity index (χ2v) is 8.61. The van der Waals surface area contributed by atoms with Crippen LogP contribution in [0.2, 0.25) is 0 Å². The van der Waals surface area contributed by atoms with Crippen molar-refractivity contribution in [2.75, 3.05) is 27.4 Å². The summed E-state index contributed by atoms with van der Waals surface area (Å²) >= 11 is 0. The molecule has 0 radical (unpaired) electrons. The van der Waals surface area contributed by atoms with E-state index in [1.807, 2.05) is 0 Å². The fourth-order valence-electron chi connectivity index (χ4n) is 4.57. The molecule has 4 nitrogen and oxygen atoms in total. The predicted molar refractivity (Wildman–Crippen MR) is 92.7 cm³/mol. The second kappa shape index (κ2) is 6.30. The standard InChI is InChI=1S/C20H30O4/c1-19(2)9-17(21)16-7-15-6-13(11-22-4)14(12-23-5)8-20(15,3)24-18(16)10-19/h15H,6-12H2,1-5H3/t15-,20-/m0/s1. The zero-order valence-corrected chi connectivity index (χ0v) is 15.7. The summed E-state index contributed by atoms with van der Waals surface area (Å²) in [6, 6.07) is 0. The highest BCUT2D eigenvalue weighted by Gasteiger charge is 2.49. The summed E-state index contributed by atoms with van der Waals surface area (Å²) < 4.78 is 17.3. The van der Waals surface area contributed by atoms with Crippen molar-refractivity contribution >= 4 is 5.78 Å². The third kappa shape index (κ3) is 3.18. The minimum atomic E-state index is -0.238. The lowest BCUT2D eigenvalue weighted by Crippen LogP contribution is -2.47. The van der Waals surface area contributed by atoms with Crippen LogP contribution in [0.3, 0.4) is 0 Å². The van der Waals surface area contributed by atoms with Gasteiger partial charge in [0, 0.05) is 45.0 Å². The van der Waals surface area contributed by atoms with Crippen molar-refractivity contribution in [3.63, 3.8) is 0 Å². The number of carbonyl (C=O) groups is 1. The molecule has 4 heteroatoms. The number of hydrogen-bond acceptors (Lipinski definition) is 4. The maximum Gasteiger partial charge on any atom is 0.162 e. The molecule has 2 aliphatic carbocycles. The third-order valence-electron chi connectivity index (χ3n) is 5.82. The Morgan fingerprint density at radius 2 is 1.67 bits per heavy atom. The molecule has 134 valence electrons. The Bertz CT molecular complexity index is 599. The van der Waals surface area contributed by atoms with Gasteiger partial charge in [0.2, 0.25) is 0 Å². The van der Waals surface area contributed by atoms with Crippen molar-refractivity contribution in [1.29, 1.82) is 0 Å². The Morgan fingerprint density at radius 1 is 1.00 bits per heavy atom. The SMILES string of the molecule is COCC1=C(COC)C[C@]2(C)OC3=C(C[C@@H]2C1)C(=O)CC(C)(C)C3. The first kappa shape index (κ1) is 17.7. The third-order valence-corrected chi connectivity index (χ3v) is 5.82. The van der Waals surface area contributed by atoms with Crippen molar-refractivity contribution in [3.8, 4) is 0 Å². The Labute approximate surface area is 145 Å². The van der Waals surface area contributed by atoms with E-state index in [0.29, 0.717) is 25.6 Å². The van der Waals surface area contributed by atoms with E-state index in [4.69, 9.17) is 14.2 Å². The maximum absolute atomic E-state index is 12.6. The van der Waals surface area contributed by atoms with Crippen LogP contribution in [0.15, 0.2) is 22.5 Å². The number of methoxy groups -OCH3 is 2. The molecule has 24 heavy (non-hydrogen) atoms. The van der Waals surface area contributed by atoms with Gasteiger partial charge in [-0.05, 0) is 36.3 Å². The summed E-state index contributed by atoms with van der Waals surface area (Å²) in [5.74, 6) is 1.57. The Kier molecular flexibility index (Phi) is 4.65. The quantitative estimate of drug-likeness (QED) is 0.734. The van der Waals surface area contributed by atoms with Gasteiger partial charge in [-0.25, -0.2) is 0 Å². The Hall–Kier alpha value is -1.13. The molecule has 0 unspecified atom stereocenters. The molecule has 1 aliphatic heterocycles. The summed E-state index contributed by atoms with van der Waals surface area (Å²) in [4.78, 5) is 12.6. The molecule has 0 aromatic rings. The van der Waals surface area contributed by atoms with Crippen LogP contribution in [-0.2, 0) is 19.0 Å². The van der Waals surface area contributed by atoms with E-state index in [-0.39, 0.29) is 16.8 Å². The zero-order chi connectivity index (χ0) is 17.5. The first-order valence-corrected chi connectivity index (χ1v) is 8.90. The number of hydrogen-bond donors (Lipinski definition) is 0. The van der Waals surface area contributed by atoms with Gasteiger partial charge in [0.05, 0.1) is 13.2 Å². The van der Waals surface area contributed by atoms with E-state index in [1.54, 1.807) is 14.2 Å². The molecule has 0 aromatic carbocycles. The van der Waals surface area contributed by atoms with Crippen molar-refractivity contribution in [2.24, 2.45) is 11.3 Å². The van der Waals surface area contributed by atoms with Crippen molar-refractivity contribution in [2.45, 2.75) is 58.5 Å². The molecule has 2 atom stereocenters. The molecule has 3 aliphatic rings. The summed E-state index contributed by atoms with van der Waals surface area (Å²) in [6.45, 7) is 7.77. The molecule has 0 saturated heterocycles. The lowest BCUT2D eigenvalue weighted by Gasteiger charge is -2.49. The van der Waals surface area contributed by atoms with Crippen LogP contribution >= 0.6 is 0 Å². The van der Waals surface area contributed by atoms with Crippen LogP contribution in [0.1, 0.15) is 52.9 Å². The molecule has 0 fully saturated rings. The fraction of sp³-hybridized carbons (Fsp3) is 0.750. The average Bonchev–Trinajstić information content (AvgIpc) is 2.46. The minimum absolute atomic E-state index is 0.000188. The van der Waals surface area contributed by atoms with Crippen LogP contribution in [0.4, 0.5) is 0 Å². The van der Waals surface area contributed by atoms with Crippen molar-refractivity contribution < 1.29 is 19.0 Å². The highest BCUT2D eigenvalue weighted by molar-refractivity contribution is 5.97. The fourth-order valence-corrected chi connectivity index (χ4v) is 4.57. The molecule has 0 amide bonds. The van der Waals surface area contributed by atoms with Crippen LogP contribution in [0.5, 0.6) is 0 Å². The maximum atomic E-state index is 12.6. The minimum Gasteiger partial charge on any atom is -0.491 e. The molecule has 0 bridgehead atoms. The van der Waals surface area contributed by atoms with E-state index in [2.05, 4.69) is 20.8 Å². The van der Waals surface area contributed by atoms with Gasteiger partial charge < -0.3 is 14.2 Å². The number of ketones is 1. The lowest BCUT2D eigenvalue weighted by molar-refractivity contribution is -0.123. The van der Waals surface area contributed by atoms with E-state index in [9.17, 15) is 4.79 Å². The van der Waals surface area contributed by atoms with E-state index in [0.717, 1.165) is 37.0 Å². The summed E-state index contributed by atoms with van der Waals surface area (Å²) in [7, 11) is 3.46. The predicted octanol–water partition coefficient (Wildman–Crippen LogP) is 3.81. The van der Waals surface area contributed by atoms with Gasteiger partial charge in [-0.1, -0.05) is 13.8 Å². The second-order valence-electron chi connectivity index (χ2n) is 8.61. The summed E-state index contributed by atoms with van der Waals surface area (Å²) in [6.07, 6.45) is 4.12. The van der Waals surface area contributed by atoms with Crippen LogP contribution in [0, 0.1) is 11.3 Å². The number of carbonyl (C=O) groups excluding carboxylic acids is 1. The van der Waals surface area contributed by atoms with Gasteiger partial charge in [0.25, 0.3) is 0 Å². The molecule has 0 spiro atoms. The number of fused-ring (bicyclic) bond motifs is 1. The largest absolute Gasteiger partial charge is 0.491 e. The normalized spacial score (nSPS) is 32.4. The van der Waals surface area contributed by atoms with Crippen LogP contribution < -0.4 is 0 Å². The van der Waals surface area contributed by atoms with Gasteiger partial charge in [-0.3, -0.25) is 4.79 Å². The van der Waals surface area contributed by atoms with E-state index >= 15 is 0 Å². The molecule has 0 N–H and O–H groups in total. The monoisotopic (exact) mass is 334 g/mol. The number of allylic oxidation sites excluding steroid dienone is 2. The van der Waals surface area contributed by atoms with Gasteiger partial charge in [0.15, 0.2) is 5.78 Å². The van der Waals surface area contributed by atoms with E-state index in [1.165, 1.54) is 11.1 Å². The summed E-state index contributed by atoms with van der Waals surface area (Å²) in [5.41, 5.74) is 3.32. The molecular weight excluding hydrogens is 304 g/mol. The van der Waals surface area contributed by atoms with Crippen molar-refractivity contribution in [3.05, 3.63) is 22.5 Å². The van der Waals surface area contributed by atoms with Gasteiger partial charge >= 0.3 is 0 Å². The zero-order valence-electron chi connectivity index (χ0n) is 15.7. The topological polar surface area (TPSA) is 44.8 Å². The van der Waals surface area contributed by atoms with Gasteiger partial charge in [-0.2, -0.15) is 0 Å². The number of ether oxygens (including phenoxy) is 3. The molecular formula is C20H30O4. The average molecular weight is 334 g/mol. The molecule has 0 saturated carbocycles. The highest BCUT2D eigenvalue weighted by atomic mass is 16.5. The number of rotatable bonds is 4. The Morgan fingerprint density at radius 3 is 2.33 bits per heavy atom. The summed E-state index contributed by atoms with van der Waals surface area (Å²) in [5, 5.41) is 0. The lowest BCUT2D eigenvalue weighted by atomic mass is 9.66. The van der Waals surface area contributed by atoms with Crippen LogP contribution in [0.25, 0.3) is 0 Å². The highest BCUT2D eigenvalue weighted by Crippen LogP contribution is 2.51. The smallest absolute Gasteiger partial charge is 0.162 e. The van der Waals surface area contributed by atoms with Gasteiger partial charge in [-0.15, -0.1) is 0 Å². The first-order valence-electron chi connectivity index (χ1n) is 8.90. The molecule has 0 aromatic heterocycles. The Balaban J connectivity index is 1.89. The van der Waals surface area contributed by atoms with Gasteiger partial charge in [0.1, 0.15) is 11.4 Å².